The topological polar surface area (TPSA) is 73.9 Å². The summed E-state index contributed by atoms with van der Waals surface area (Å²) < 4.78 is 15.4. The summed E-state index contributed by atoms with van der Waals surface area (Å²) in [5, 5.41) is 3.53. The third-order valence-electron chi connectivity index (χ3n) is 3.82. The van der Waals surface area contributed by atoms with Crippen molar-refractivity contribution in [2.24, 2.45) is 0 Å². The zero-order valence-corrected chi connectivity index (χ0v) is 14.0. The average molecular weight is 350 g/mol. The van der Waals surface area contributed by atoms with Gasteiger partial charge in [0, 0.05) is 5.02 Å². The molecule has 24 heavy (non-hydrogen) atoms. The fraction of sp³-hybridized carbons (Fsp3) is 0.294. The molecule has 1 aromatic rings. The molecular weight excluding hydrogens is 334 g/mol. The molecule has 1 aromatic carbocycles. The summed E-state index contributed by atoms with van der Waals surface area (Å²) in [5.74, 6) is -0.812. The first-order valence-corrected chi connectivity index (χ1v) is 7.87. The van der Waals surface area contributed by atoms with E-state index >= 15 is 0 Å². The van der Waals surface area contributed by atoms with Gasteiger partial charge >= 0.3 is 12.1 Å². The second kappa shape index (κ2) is 6.57. The number of rotatable bonds is 3. The standard InChI is InChI=1S/C17H16ClNO5/c1-3-22-17(21)24-15-9(2)19-12-8-23-16(20)14(12)13(15)10-6-4-5-7-11(10)18/h4-7,13,19H,3,8H2,1-2H3. The van der Waals surface area contributed by atoms with Gasteiger partial charge in [-0.2, -0.15) is 0 Å². The molecule has 3 rings (SSSR count). The average Bonchev–Trinajstić information content (AvgIpc) is 2.90. The Labute approximate surface area is 144 Å². The van der Waals surface area contributed by atoms with Crippen molar-refractivity contribution in [3.63, 3.8) is 0 Å². The zero-order valence-electron chi connectivity index (χ0n) is 13.2. The lowest BCUT2D eigenvalue weighted by molar-refractivity contribution is -0.136. The Morgan fingerprint density at radius 3 is 2.88 bits per heavy atom. The Hall–Kier alpha value is -2.47. The predicted molar refractivity (Wildman–Crippen MR) is 86.1 cm³/mol. The van der Waals surface area contributed by atoms with Gasteiger partial charge in [-0.05, 0) is 25.5 Å². The van der Waals surface area contributed by atoms with E-state index in [9.17, 15) is 9.59 Å². The lowest BCUT2D eigenvalue weighted by atomic mass is 9.85. The quantitative estimate of drug-likeness (QED) is 0.844. The van der Waals surface area contributed by atoms with E-state index in [0.29, 0.717) is 27.6 Å². The van der Waals surface area contributed by atoms with E-state index in [1.807, 2.05) is 0 Å². The van der Waals surface area contributed by atoms with Crippen molar-refractivity contribution in [3.05, 3.63) is 57.6 Å². The molecule has 1 unspecified atom stereocenters. The highest BCUT2D eigenvalue weighted by atomic mass is 35.5. The van der Waals surface area contributed by atoms with Crippen LogP contribution in [0.4, 0.5) is 4.79 Å². The maximum atomic E-state index is 12.2. The lowest BCUT2D eigenvalue weighted by Gasteiger charge is -2.28. The van der Waals surface area contributed by atoms with Crippen molar-refractivity contribution in [2.45, 2.75) is 19.8 Å². The third-order valence-corrected chi connectivity index (χ3v) is 4.17. The van der Waals surface area contributed by atoms with Crippen LogP contribution < -0.4 is 5.32 Å². The number of halogens is 1. The lowest BCUT2D eigenvalue weighted by Crippen LogP contribution is -2.28. The molecule has 0 aliphatic carbocycles. The molecule has 2 heterocycles. The monoisotopic (exact) mass is 349 g/mol. The number of hydrogen-bond donors (Lipinski definition) is 1. The van der Waals surface area contributed by atoms with Crippen molar-refractivity contribution in [2.75, 3.05) is 13.2 Å². The van der Waals surface area contributed by atoms with E-state index in [1.165, 1.54) is 0 Å². The number of dihydropyridines is 1. The SMILES string of the molecule is CCOC(=O)OC1=C(C)NC2=C(C(=O)OC2)C1c1ccccc1Cl. The number of carbonyl (C=O) groups is 2. The molecule has 0 aromatic heterocycles. The molecule has 0 spiro atoms. The molecule has 0 radical (unpaired) electrons. The van der Waals surface area contributed by atoms with Crippen LogP contribution in [0.5, 0.6) is 0 Å². The van der Waals surface area contributed by atoms with Gasteiger partial charge in [0.15, 0.2) is 0 Å². The summed E-state index contributed by atoms with van der Waals surface area (Å²) in [6.45, 7) is 3.78. The van der Waals surface area contributed by atoms with Crippen LogP contribution in [0, 0.1) is 0 Å². The predicted octanol–water partition coefficient (Wildman–Crippen LogP) is 3.24. The summed E-state index contributed by atoms with van der Waals surface area (Å²) in [7, 11) is 0. The summed E-state index contributed by atoms with van der Waals surface area (Å²) in [6, 6.07) is 7.10. The van der Waals surface area contributed by atoms with Crippen molar-refractivity contribution in [1.29, 1.82) is 0 Å². The van der Waals surface area contributed by atoms with Gasteiger partial charge in [-0.15, -0.1) is 0 Å². The van der Waals surface area contributed by atoms with Crippen LogP contribution in [-0.2, 0) is 19.0 Å². The number of benzene rings is 1. The summed E-state index contributed by atoms with van der Waals surface area (Å²) in [4.78, 5) is 24.0. The van der Waals surface area contributed by atoms with Gasteiger partial charge in [0.1, 0.15) is 12.4 Å². The van der Waals surface area contributed by atoms with E-state index in [2.05, 4.69) is 5.32 Å². The van der Waals surface area contributed by atoms with Crippen molar-refractivity contribution in [3.8, 4) is 0 Å². The second-order valence-corrected chi connectivity index (χ2v) is 5.73. The van der Waals surface area contributed by atoms with Crippen molar-refractivity contribution in [1.82, 2.24) is 5.32 Å². The molecular formula is C17H16ClNO5. The molecule has 0 amide bonds. The van der Waals surface area contributed by atoms with Crippen LogP contribution in [0.2, 0.25) is 5.02 Å². The molecule has 2 aliphatic heterocycles. The Balaban J connectivity index is 2.08. The maximum Gasteiger partial charge on any atom is 0.513 e. The molecule has 6 nitrogen and oxygen atoms in total. The molecule has 1 atom stereocenters. The maximum absolute atomic E-state index is 12.2. The number of nitrogens with one attached hydrogen (secondary N) is 1. The number of hydrogen-bond acceptors (Lipinski definition) is 6. The Bertz CT molecular complexity index is 768. The van der Waals surface area contributed by atoms with Crippen molar-refractivity contribution >= 4 is 23.7 Å². The minimum atomic E-state index is -0.832. The van der Waals surface area contributed by atoms with Gasteiger partial charge in [-0.3, -0.25) is 0 Å². The largest absolute Gasteiger partial charge is 0.513 e. The Morgan fingerprint density at radius 1 is 1.42 bits per heavy atom. The highest BCUT2D eigenvalue weighted by Gasteiger charge is 2.41. The van der Waals surface area contributed by atoms with Crippen LogP contribution in [-0.4, -0.2) is 25.3 Å². The van der Waals surface area contributed by atoms with E-state index in [4.69, 9.17) is 25.8 Å². The molecule has 7 heteroatoms. The first-order chi connectivity index (χ1) is 11.5. The van der Waals surface area contributed by atoms with Gasteiger partial charge in [-0.1, -0.05) is 29.8 Å². The van der Waals surface area contributed by atoms with Crippen LogP contribution in [0.15, 0.2) is 47.0 Å². The molecule has 0 saturated carbocycles. The Kier molecular flexibility index (Phi) is 4.49. The number of ether oxygens (including phenoxy) is 3. The van der Waals surface area contributed by atoms with Gasteiger partial charge in [-0.25, -0.2) is 9.59 Å². The fourth-order valence-electron chi connectivity index (χ4n) is 2.83. The number of allylic oxidation sites excluding steroid dienone is 2. The van der Waals surface area contributed by atoms with Crippen LogP contribution in [0.1, 0.15) is 25.3 Å². The molecule has 0 bridgehead atoms. The van der Waals surface area contributed by atoms with E-state index < -0.39 is 18.0 Å². The summed E-state index contributed by atoms with van der Waals surface area (Å²) in [5.41, 5.74) is 2.31. The third kappa shape index (κ3) is 2.85. The number of esters is 1. The highest BCUT2D eigenvalue weighted by Crippen LogP contribution is 2.43. The molecule has 2 aliphatic rings. The van der Waals surface area contributed by atoms with Gasteiger partial charge < -0.3 is 19.5 Å². The van der Waals surface area contributed by atoms with E-state index in [0.717, 1.165) is 0 Å². The first kappa shape index (κ1) is 16.4. The van der Waals surface area contributed by atoms with E-state index in [1.54, 1.807) is 38.1 Å². The zero-order chi connectivity index (χ0) is 17.3. The Morgan fingerprint density at radius 2 is 2.17 bits per heavy atom. The van der Waals surface area contributed by atoms with E-state index in [-0.39, 0.29) is 19.0 Å². The normalized spacial score (nSPS) is 19.6. The molecule has 126 valence electrons. The first-order valence-electron chi connectivity index (χ1n) is 7.50. The highest BCUT2D eigenvalue weighted by molar-refractivity contribution is 6.31. The van der Waals surface area contributed by atoms with Gasteiger partial charge in [0.2, 0.25) is 0 Å². The number of carbonyl (C=O) groups excluding carboxylic acids is 2. The second-order valence-electron chi connectivity index (χ2n) is 5.32. The minimum Gasteiger partial charge on any atom is -0.456 e. The molecule has 1 N–H and O–H groups in total. The van der Waals surface area contributed by atoms with Gasteiger partial charge in [0.05, 0.1) is 29.5 Å². The summed E-state index contributed by atoms with van der Waals surface area (Å²) in [6.07, 6.45) is -0.832. The summed E-state index contributed by atoms with van der Waals surface area (Å²) >= 11 is 6.32. The molecule has 0 saturated heterocycles. The fourth-order valence-corrected chi connectivity index (χ4v) is 3.07. The van der Waals surface area contributed by atoms with Gasteiger partial charge in [0.25, 0.3) is 0 Å². The van der Waals surface area contributed by atoms with Crippen molar-refractivity contribution < 1.29 is 23.8 Å². The van der Waals surface area contributed by atoms with Crippen LogP contribution in [0.3, 0.4) is 0 Å². The smallest absolute Gasteiger partial charge is 0.456 e. The van der Waals surface area contributed by atoms with Crippen LogP contribution >= 0.6 is 11.6 Å². The minimum absolute atomic E-state index is 0.152. The molecule has 0 fully saturated rings. The number of cyclic esters (lactones) is 1. The van der Waals surface area contributed by atoms with Crippen LogP contribution in [0.25, 0.3) is 0 Å².